The third kappa shape index (κ3) is 5.71. The summed E-state index contributed by atoms with van der Waals surface area (Å²) in [4.78, 5) is 6.86. The lowest BCUT2D eigenvalue weighted by Crippen LogP contribution is -2.47. The Morgan fingerprint density at radius 2 is 1.94 bits per heavy atom. The Morgan fingerprint density at radius 1 is 1.33 bits per heavy atom. The van der Waals surface area contributed by atoms with Crippen molar-refractivity contribution >= 4 is 5.96 Å². The minimum atomic E-state index is 0.533. The predicted molar refractivity (Wildman–Crippen MR) is 78.8 cm³/mol. The van der Waals surface area contributed by atoms with E-state index < -0.39 is 0 Å². The van der Waals surface area contributed by atoms with Crippen molar-refractivity contribution in [2.75, 3.05) is 26.2 Å². The number of nitrogens with one attached hydrogen (secondary N) is 1. The summed E-state index contributed by atoms with van der Waals surface area (Å²) in [5.74, 6) is 2.03. The van der Waals surface area contributed by atoms with Crippen molar-refractivity contribution in [3.8, 4) is 0 Å². The lowest BCUT2D eigenvalue weighted by atomic mass is 9.98. The van der Waals surface area contributed by atoms with Gasteiger partial charge in [-0.3, -0.25) is 9.89 Å². The molecule has 1 saturated heterocycles. The molecular weight excluding hydrogens is 224 g/mol. The molecule has 0 aliphatic carbocycles. The van der Waals surface area contributed by atoms with Gasteiger partial charge < -0.3 is 11.1 Å². The maximum atomic E-state index is 5.84. The van der Waals surface area contributed by atoms with Crippen LogP contribution in [-0.2, 0) is 0 Å². The van der Waals surface area contributed by atoms with E-state index in [-0.39, 0.29) is 0 Å². The molecule has 0 spiro atoms. The molecule has 106 valence electrons. The number of hydrogen-bond acceptors (Lipinski definition) is 2. The fourth-order valence-corrected chi connectivity index (χ4v) is 2.19. The minimum Gasteiger partial charge on any atom is -0.370 e. The van der Waals surface area contributed by atoms with Gasteiger partial charge in [0, 0.05) is 19.1 Å². The van der Waals surface area contributed by atoms with Crippen molar-refractivity contribution in [2.24, 2.45) is 22.6 Å². The molecule has 0 bridgehead atoms. The molecule has 0 amide bonds. The van der Waals surface area contributed by atoms with Crippen LogP contribution in [-0.4, -0.2) is 43.1 Å². The third-order valence-electron chi connectivity index (χ3n) is 3.65. The number of likely N-dealkylation sites (tertiary alicyclic amines) is 1. The Kier molecular flexibility index (Phi) is 6.47. The summed E-state index contributed by atoms with van der Waals surface area (Å²) in [5, 5.41) is 3.23. The standard InChI is InChI=1S/C14H30N4/c1-11(2)9-16-14(15)17-10-13(4)18-7-5-12(3)6-8-18/h11-13H,5-10H2,1-4H3,(H3,15,16,17). The SMILES string of the molecule is CC(C)CN=C(N)NCC(C)N1CCC(C)CC1. The van der Waals surface area contributed by atoms with Crippen LogP contribution in [0.5, 0.6) is 0 Å². The van der Waals surface area contributed by atoms with Gasteiger partial charge in [-0.15, -0.1) is 0 Å². The van der Waals surface area contributed by atoms with Crippen LogP contribution in [0.25, 0.3) is 0 Å². The molecule has 0 radical (unpaired) electrons. The van der Waals surface area contributed by atoms with Crippen molar-refractivity contribution < 1.29 is 0 Å². The van der Waals surface area contributed by atoms with Crippen molar-refractivity contribution in [1.29, 1.82) is 0 Å². The second kappa shape index (κ2) is 7.62. The van der Waals surface area contributed by atoms with Gasteiger partial charge in [0.2, 0.25) is 0 Å². The Balaban J connectivity index is 2.23. The normalized spacial score (nSPS) is 21.3. The molecule has 0 aromatic heterocycles. The first-order valence-electron chi connectivity index (χ1n) is 7.27. The molecule has 1 rings (SSSR count). The number of guanidine groups is 1. The molecule has 1 aliphatic rings. The van der Waals surface area contributed by atoms with Gasteiger partial charge in [-0.1, -0.05) is 20.8 Å². The van der Waals surface area contributed by atoms with Gasteiger partial charge in [0.1, 0.15) is 0 Å². The van der Waals surface area contributed by atoms with Gasteiger partial charge in [0.25, 0.3) is 0 Å². The number of rotatable bonds is 5. The van der Waals surface area contributed by atoms with Crippen molar-refractivity contribution in [3.63, 3.8) is 0 Å². The van der Waals surface area contributed by atoms with Crippen LogP contribution in [0.1, 0.15) is 40.5 Å². The van der Waals surface area contributed by atoms with Crippen LogP contribution in [0.2, 0.25) is 0 Å². The van der Waals surface area contributed by atoms with Gasteiger partial charge in [0.15, 0.2) is 5.96 Å². The predicted octanol–water partition coefficient (Wildman–Crippen LogP) is 1.67. The lowest BCUT2D eigenvalue weighted by molar-refractivity contribution is 0.147. The van der Waals surface area contributed by atoms with E-state index in [0.717, 1.165) is 19.0 Å². The third-order valence-corrected chi connectivity index (χ3v) is 3.65. The largest absolute Gasteiger partial charge is 0.370 e. The minimum absolute atomic E-state index is 0.533. The van der Waals surface area contributed by atoms with Crippen LogP contribution in [0.4, 0.5) is 0 Å². The molecule has 18 heavy (non-hydrogen) atoms. The summed E-state index contributed by atoms with van der Waals surface area (Å²) in [5.41, 5.74) is 5.84. The van der Waals surface area contributed by atoms with Crippen LogP contribution >= 0.6 is 0 Å². The average molecular weight is 254 g/mol. The summed E-state index contributed by atoms with van der Waals surface area (Å²) >= 11 is 0. The van der Waals surface area contributed by atoms with E-state index in [1.165, 1.54) is 25.9 Å². The van der Waals surface area contributed by atoms with Crippen molar-refractivity contribution in [1.82, 2.24) is 10.2 Å². The molecule has 1 aliphatic heterocycles. The molecule has 1 fully saturated rings. The molecule has 1 unspecified atom stereocenters. The number of nitrogens with zero attached hydrogens (tertiary/aromatic N) is 2. The highest BCUT2D eigenvalue weighted by Gasteiger charge is 2.19. The lowest BCUT2D eigenvalue weighted by Gasteiger charge is -2.35. The fourth-order valence-electron chi connectivity index (χ4n) is 2.19. The van der Waals surface area contributed by atoms with E-state index in [4.69, 9.17) is 5.73 Å². The Morgan fingerprint density at radius 3 is 2.50 bits per heavy atom. The molecule has 1 heterocycles. The smallest absolute Gasteiger partial charge is 0.188 e. The van der Waals surface area contributed by atoms with E-state index in [1.54, 1.807) is 0 Å². The van der Waals surface area contributed by atoms with Gasteiger partial charge in [-0.2, -0.15) is 0 Å². The summed E-state index contributed by atoms with van der Waals surface area (Å²) in [6.45, 7) is 13.0. The first kappa shape index (κ1) is 15.3. The second-order valence-electron chi connectivity index (χ2n) is 6.07. The molecule has 0 aromatic rings. The number of piperidine rings is 1. The molecular formula is C14H30N4. The van der Waals surface area contributed by atoms with Crippen LogP contribution in [0.15, 0.2) is 4.99 Å². The topological polar surface area (TPSA) is 53.6 Å². The summed E-state index contributed by atoms with van der Waals surface area (Å²) < 4.78 is 0. The van der Waals surface area contributed by atoms with Gasteiger partial charge in [0.05, 0.1) is 0 Å². The molecule has 0 saturated carbocycles. The van der Waals surface area contributed by atoms with E-state index in [1.807, 2.05) is 0 Å². The van der Waals surface area contributed by atoms with E-state index in [9.17, 15) is 0 Å². The quantitative estimate of drug-likeness (QED) is 0.579. The molecule has 0 aromatic carbocycles. The summed E-state index contributed by atoms with van der Waals surface area (Å²) in [6.07, 6.45) is 2.64. The highest BCUT2D eigenvalue weighted by Crippen LogP contribution is 2.17. The van der Waals surface area contributed by atoms with E-state index in [2.05, 4.69) is 42.9 Å². The number of aliphatic imine (C=N–C) groups is 1. The van der Waals surface area contributed by atoms with Crippen LogP contribution in [0, 0.1) is 11.8 Å². The molecule has 4 heteroatoms. The molecule has 1 atom stereocenters. The number of hydrogen-bond donors (Lipinski definition) is 2. The van der Waals surface area contributed by atoms with Crippen molar-refractivity contribution in [2.45, 2.75) is 46.6 Å². The Labute approximate surface area is 112 Å². The summed E-state index contributed by atoms with van der Waals surface area (Å²) in [6, 6.07) is 0.533. The summed E-state index contributed by atoms with van der Waals surface area (Å²) in [7, 11) is 0. The van der Waals surface area contributed by atoms with E-state index >= 15 is 0 Å². The zero-order valence-electron chi connectivity index (χ0n) is 12.4. The maximum Gasteiger partial charge on any atom is 0.188 e. The zero-order chi connectivity index (χ0) is 13.5. The van der Waals surface area contributed by atoms with Crippen molar-refractivity contribution in [3.05, 3.63) is 0 Å². The van der Waals surface area contributed by atoms with E-state index in [0.29, 0.717) is 17.9 Å². The highest BCUT2D eigenvalue weighted by molar-refractivity contribution is 5.77. The second-order valence-corrected chi connectivity index (χ2v) is 6.07. The van der Waals surface area contributed by atoms with Crippen LogP contribution < -0.4 is 11.1 Å². The first-order chi connectivity index (χ1) is 8.49. The number of nitrogens with two attached hydrogens (primary N) is 1. The Hall–Kier alpha value is -0.770. The first-order valence-corrected chi connectivity index (χ1v) is 7.27. The highest BCUT2D eigenvalue weighted by atomic mass is 15.2. The van der Waals surface area contributed by atoms with Gasteiger partial charge >= 0.3 is 0 Å². The van der Waals surface area contributed by atoms with Gasteiger partial charge in [-0.05, 0) is 44.7 Å². The molecule has 3 N–H and O–H groups in total. The monoisotopic (exact) mass is 254 g/mol. The maximum absolute atomic E-state index is 5.84. The zero-order valence-corrected chi connectivity index (χ0v) is 12.4. The molecule has 4 nitrogen and oxygen atoms in total. The van der Waals surface area contributed by atoms with Gasteiger partial charge in [-0.25, -0.2) is 0 Å². The Bertz CT molecular complexity index is 255. The fraction of sp³-hybridized carbons (Fsp3) is 0.929. The average Bonchev–Trinajstić information content (AvgIpc) is 2.34. The van der Waals surface area contributed by atoms with Crippen LogP contribution in [0.3, 0.4) is 0 Å².